The van der Waals surface area contributed by atoms with Crippen molar-refractivity contribution in [1.82, 2.24) is 15.1 Å². The van der Waals surface area contributed by atoms with Crippen LogP contribution in [0.15, 0.2) is 30.3 Å². The first-order valence-electron chi connectivity index (χ1n) is 6.47. The van der Waals surface area contributed by atoms with Crippen LogP contribution >= 0.6 is 0 Å². The summed E-state index contributed by atoms with van der Waals surface area (Å²) in [7, 11) is 0. The molecule has 1 N–H and O–H groups in total. The third kappa shape index (κ3) is 3.17. The predicted molar refractivity (Wildman–Crippen MR) is 77.3 cm³/mol. The summed E-state index contributed by atoms with van der Waals surface area (Å²) in [4.78, 5) is 34.1. The number of nitro groups is 1. The first-order valence-corrected chi connectivity index (χ1v) is 6.47. The third-order valence-electron chi connectivity index (χ3n) is 3.11. The predicted octanol–water partition coefficient (Wildman–Crippen LogP) is 1.36. The van der Waals surface area contributed by atoms with Crippen LogP contribution in [-0.2, 0) is 11.3 Å². The van der Waals surface area contributed by atoms with Gasteiger partial charge in [-0.25, -0.2) is 0 Å². The Labute approximate surface area is 125 Å². The fourth-order valence-electron chi connectivity index (χ4n) is 2.07. The molecule has 2 aromatic rings. The van der Waals surface area contributed by atoms with Crippen molar-refractivity contribution in [3.8, 4) is 0 Å². The molecule has 0 bridgehead atoms. The molecule has 0 spiro atoms. The minimum Gasteiger partial charge on any atom is -0.291 e. The van der Waals surface area contributed by atoms with Crippen LogP contribution in [0.1, 0.15) is 21.7 Å². The largest absolute Gasteiger partial charge is 0.312 e. The van der Waals surface area contributed by atoms with Gasteiger partial charge in [-0.1, -0.05) is 18.2 Å². The fourth-order valence-corrected chi connectivity index (χ4v) is 2.07. The summed E-state index contributed by atoms with van der Waals surface area (Å²) in [5.41, 5.74) is 0.729. The van der Waals surface area contributed by atoms with E-state index in [9.17, 15) is 19.7 Å². The summed E-state index contributed by atoms with van der Waals surface area (Å²) in [6, 6.07) is 8.29. The van der Waals surface area contributed by atoms with Gasteiger partial charge in [0.05, 0.1) is 4.92 Å². The molecule has 1 aromatic carbocycles. The fraction of sp³-hybridized carbons (Fsp3) is 0.214. The number of carbonyl (C=O) groups excluding carboxylic acids is 2. The molecule has 0 aliphatic rings. The van der Waals surface area contributed by atoms with Gasteiger partial charge in [-0.15, -0.1) is 0 Å². The van der Waals surface area contributed by atoms with Crippen molar-refractivity contribution in [3.05, 3.63) is 57.4 Å². The van der Waals surface area contributed by atoms with E-state index in [0.717, 1.165) is 0 Å². The van der Waals surface area contributed by atoms with Crippen molar-refractivity contribution in [3.63, 3.8) is 0 Å². The highest BCUT2D eigenvalue weighted by Crippen LogP contribution is 2.21. The van der Waals surface area contributed by atoms with Crippen LogP contribution in [0.5, 0.6) is 0 Å². The molecule has 0 aliphatic heterocycles. The van der Waals surface area contributed by atoms with Crippen LogP contribution in [0.3, 0.4) is 0 Å². The lowest BCUT2D eigenvalue weighted by molar-refractivity contribution is -0.386. The van der Waals surface area contributed by atoms with E-state index in [-0.39, 0.29) is 23.6 Å². The van der Waals surface area contributed by atoms with E-state index < -0.39 is 16.7 Å². The SMILES string of the molecule is Cc1nn(CC(=O)NC(=O)c2ccccc2)c(C)c1[N+](=O)[O-]. The van der Waals surface area contributed by atoms with E-state index in [1.165, 1.54) is 18.5 Å². The van der Waals surface area contributed by atoms with Crippen molar-refractivity contribution in [2.45, 2.75) is 20.4 Å². The van der Waals surface area contributed by atoms with Gasteiger partial charge in [-0.3, -0.25) is 29.7 Å². The number of nitrogens with zero attached hydrogens (tertiary/aromatic N) is 3. The molecule has 0 saturated heterocycles. The Kier molecular flexibility index (Phi) is 4.31. The van der Waals surface area contributed by atoms with Crippen molar-refractivity contribution in [2.75, 3.05) is 0 Å². The Balaban J connectivity index is 2.09. The highest BCUT2D eigenvalue weighted by Gasteiger charge is 2.23. The standard InChI is InChI=1S/C14H14N4O4/c1-9-13(18(21)22)10(2)17(16-9)8-12(19)15-14(20)11-6-4-3-5-7-11/h3-7H,8H2,1-2H3,(H,15,19,20). The highest BCUT2D eigenvalue weighted by atomic mass is 16.6. The van der Waals surface area contributed by atoms with Crippen molar-refractivity contribution < 1.29 is 14.5 Å². The molecule has 0 aliphatic carbocycles. The van der Waals surface area contributed by atoms with Crippen LogP contribution in [0.2, 0.25) is 0 Å². The van der Waals surface area contributed by atoms with Gasteiger partial charge in [0.15, 0.2) is 0 Å². The molecule has 114 valence electrons. The zero-order valence-electron chi connectivity index (χ0n) is 12.1. The molecule has 0 saturated carbocycles. The lowest BCUT2D eigenvalue weighted by Crippen LogP contribution is -2.33. The Morgan fingerprint density at radius 3 is 2.45 bits per heavy atom. The smallest absolute Gasteiger partial charge is 0.291 e. The zero-order valence-corrected chi connectivity index (χ0v) is 12.1. The number of imide groups is 1. The lowest BCUT2D eigenvalue weighted by atomic mass is 10.2. The van der Waals surface area contributed by atoms with Gasteiger partial charge in [0, 0.05) is 5.56 Å². The number of hydrogen-bond acceptors (Lipinski definition) is 5. The molecule has 22 heavy (non-hydrogen) atoms. The van der Waals surface area contributed by atoms with Gasteiger partial charge in [0.2, 0.25) is 5.91 Å². The van der Waals surface area contributed by atoms with Gasteiger partial charge in [0.1, 0.15) is 17.9 Å². The third-order valence-corrected chi connectivity index (χ3v) is 3.11. The van der Waals surface area contributed by atoms with Crippen molar-refractivity contribution >= 4 is 17.5 Å². The van der Waals surface area contributed by atoms with Crippen LogP contribution in [0, 0.1) is 24.0 Å². The lowest BCUT2D eigenvalue weighted by Gasteiger charge is -2.05. The number of carbonyl (C=O) groups is 2. The molecular formula is C14H14N4O4. The van der Waals surface area contributed by atoms with E-state index in [1.807, 2.05) is 0 Å². The maximum absolute atomic E-state index is 11.9. The van der Waals surface area contributed by atoms with Crippen LogP contribution in [-0.4, -0.2) is 26.5 Å². The highest BCUT2D eigenvalue weighted by molar-refractivity contribution is 6.04. The molecule has 8 heteroatoms. The summed E-state index contributed by atoms with van der Waals surface area (Å²) in [5, 5.41) is 17.1. The van der Waals surface area contributed by atoms with Crippen LogP contribution < -0.4 is 5.32 Å². The van der Waals surface area contributed by atoms with Gasteiger partial charge in [0.25, 0.3) is 5.91 Å². The molecule has 0 radical (unpaired) electrons. The molecule has 1 aromatic heterocycles. The second-order valence-electron chi connectivity index (χ2n) is 4.68. The van der Waals surface area contributed by atoms with Crippen molar-refractivity contribution in [1.29, 1.82) is 0 Å². The average Bonchev–Trinajstić information content (AvgIpc) is 2.74. The van der Waals surface area contributed by atoms with Gasteiger partial charge >= 0.3 is 5.69 Å². The van der Waals surface area contributed by atoms with E-state index >= 15 is 0 Å². The minimum absolute atomic E-state index is 0.123. The molecule has 0 atom stereocenters. The summed E-state index contributed by atoms with van der Waals surface area (Å²) in [6.07, 6.45) is 0. The molecule has 2 amide bonds. The van der Waals surface area contributed by atoms with E-state index in [0.29, 0.717) is 5.56 Å². The molecule has 0 fully saturated rings. The van der Waals surface area contributed by atoms with E-state index in [2.05, 4.69) is 10.4 Å². The van der Waals surface area contributed by atoms with Gasteiger partial charge < -0.3 is 0 Å². The number of hydrogen-bond donors (Lipinski definition) is 1. The van der Waals surface area contributed by atoms with Gasteiger partial charge in [-0.05, 0) is 26.0 Å². The second kappa shape index (κ2) is 6.17. The Bertz CT molecular complexity index is 737. The molecular weight excluding hydrogens is 288 g/mol. The van der Waals surface area contributed by atoms with Gasteiger partial charge in [-0.2, -0.15) is 5.10 Å². The van der Waals surface area contributed by atoms with E-state index in [1.54, 1.807) is 30.3 Å². The Morgan fingerprint density at radius 1 is 1.27 bits per heavy atom. The number of nitrogens with one attached hydrogen (secondary N) is 1. The minimum atomic E-state index is -0.589. The maximum Gasteiger partial charge on any atom is 0.312 e. The molecule has 2 rings (SSSR count). The van der Waals surface area contributed by atoms with E-state index in [4.69, 9.17) is 0 Å². The quantitative estimate of drug-likeness (QED) is 0.678. The number of benzene rings is 1. The normalized spacial score (nSPS) is 10.3. The first-order chi connectivity index (χ1) is 10.4. The summed E-state index contributed by atoms with van der Waals surface area (Å²) in [6.45, 7) is 2.73. The summed E-state index contributed by atoms with van der Waals surface area (Å²) in [5.74, 6) is -1.11. The first kappa shape index (κ1) is 15.4. The van der Waals surface area contributed by atoms with Crippen molar-refractivity contribution in [2.24, 2.45) is 0 Å². The maximum atomic E-state index is 11.9. The average molecular weight is 302 g/mol. The molecule has 1 heterocycles. The number of rotatable bonds is 4. The monoisotopic (exact) mass is 302 g/mol. The Morgan fingerprint density at radius 2 is 1.91 bits per heavy atom. The Hall–Kier alpha value is -3.03. The molecule has 0 unspecified atom stereocenters. The molecule has 8 nitrogen and oxygen atoms in total. The number of aryl methyl sites for hydroxylation is 1. The number of amides is 2. The van der Waals surface area contributed by atoms with Crippen LogP contribution in [0.25, 0.3) is 0 Å². The zero-order chi connectivity index (χ0) is 16.3. The summed E-state index contributed by atoms with van der Waals surface area (Å²) >= 11 is 0. The summed E-state index contributed by atoms with van der Waals surface area (Å²) < 4.78 is 1.21. The second-order valence-corrected chi connectivity index (χ2v) is 4.68. The topological polar surface area (TPSA) is 107 Å². The number of aromatic nitrogens is 2. The van der Waals surface area contributed by atoms with Crippen LogP contribution in [0.4, 0.5) is 5.69 Å².